The van der Waals surface area contributed by atoms with E-state index in [4.69, 9.17) is 0 Å². The molecular formula is C11H9N5O2. The van der Waals surface area contributed by atoms with Crippen molar-refractivity contribution in [1.82, 2.24) is 4.98 Å². The van der Waals surface area contributed by atoms with Gasteiger partial charge in [0.05, 0.1) is 10.6 Å². The lowest BCUT2D eigenvalue weighted by Crippen LogP contribution is -1.89. The number of benzene rings is 1. The quantitative estimate of drug-likeness (QED) is 0.507. The topological polar surface area (TPSA) is 92.8 Å². The van der Waals surface area contributed by atoms with Crippen molar-refractivity contribution in [2.75, 3.05) is 5.43 Å². The first-order valence-electron chi connectivity index (χ1n) is 5.08. The Labute approximate surface area is 102 Å². The summed E-state index contributed by atoms with van der Waals surface area (Å²) in [5.74, 6) is 0.479. The summed E-state index contributed by atoms with van der Waals surface area (Å²) < 4.78 is 0. The van der Waals surface area contributed by atoms with Crippen molar-refractivity contribution in [2.45, 2.75) is 0 Å². The number of nitrogens with one attached hydrogen (secondary N) is 1. The normalized spacial score (nSPS) is 10.4. The molecule has 1 aromatic heterocycles. The van der Waals surface area contributed by atoms with Crippen LogP contribution in [-0.4, -0.2) is 9.91 Å². The summed E-state index contributed by atoms with van der Waals surface area (Å²) in [5.41, 5.74) is 3.30. The van der Waals surface area contributed by atoms with Gasteiger partial charge >= 0.3 is 0 Å². The molecular weight excluding hydrogens is 234 g/mol. The van der Waals surface area contributed by atoms with Crippen molar-refractivity contribution in [3.05, 3.63) is 58.8 Å². The Morgan fingerprint density at radius 2 is 1.94 bits per heavy atom. The molecule has 2 aromatic rings. The summed E-state index contributed by atoms with van der Waals surface area (Å²) in [7, 11) is 0. The van der Waals surface area contributed by atoms with Crippen LogP contribution in [0, 0.1) is 10.1 Å². The Balaban J connectivity index is 1.98. The zero-order valence-corrected chi connectivity index (χ0v) is 9.22. The zero-order chi connectivity index (χ0) is 12.8. The Kier molecular flexibility index (Phi) is 3.55. The van der Waals surface area contributed by atoms with Crippen LogP contribution in [0.3, 0.4) is 0 Å². The van der Waals surface area contributed by atoms with Gasteiger partial charge in [-0.2, -0.15) is 0 Å². The van der Waals surface area contributed by atoms with Gasteiger partial charge in [-0.25, -0.2) is 4.98 Å². The number of pyridine rings is 1. The molecule has 7 heteroatoms. The average molecular weight is 243 g/mol. The minimum atomic E-state index is -0.459. The fourth-order valence-electron chi connectivity index (χ4n) is 1.20. The van der Waals surface area contributed by atoms with E-state index in [-0.39, 0.29) is 5.69 Å². The first kappa shape index (κ1) is 11.6. The highest BCUT2D eigenvalue weighted by Gasteiger charge is 2.02. The highest BCUT2D eigenvalue weighted by molar-refractivity contribution is 5.47. The summed E-state index contributed by atoms with van der Waals surface area (Å²) in [6.45, 7) is 0. The third-order valence-electron chi connectivity index (χ3n) is 2.06. The SMILES string of the molecule is O=[N+]([O-])c1ccc(NN=Nc2ccccn2)cc1. The number of hydrogen-bond donors (Lipinski definition) is 1. The summed E-state index contributed by atoms with van der Waals surface area (Å²) in [6.07, 6.45) is 1.61. The van der Waals surface area contributed by atoms with E-state index in [0.29, 0.717) is 11.5 Å². The Morgan fingerprint density at radius 3 is 2.56 bits per heavy atom. The number of nitro benzene ring substituents is 1. The maximum absolute atomic E-state index is 10.4. The van der Waals surface area contributed by atoms with E-state index in [1.54, 1.807) is 36.5 Å². The highest BCUT2D eigenvalue weighted by Crippen LogP contribution is 2.15. The second-order valence-corrected chi connectivity index (χ2v) is 3.30. The van der Waals surface area contributed by atoms with Crippen LogP contribution in [0.25, 0.3) is 0 Å². The van der Waals surface area contributed by atoms with Crippen LogP contribution in [-0.2, 0) is 0 Å². The minimum Gasteiger partial charge on any atom is -0.260 e. The molecule has 0 unspecified atom stereocenters. The molecule has 90 valence electrons. The van der Waals surface area contributed by atoms with Gasteiger partial charge in [0.1, 0.15) is 0 Å². The van der Waals surface area contributed by atoms with Gasteiger partial charge in [0.15, 0.2) is 5.82 Å². The van der Waals surface area contributed by atoms with E-state index in [0.717, 1.165) is 0 Å². The largest absolute Gasteiger partial charge is 0.269 e. The smallest absolute Gasteiger partial charge is 0.260 e. The molecule has 0 aliphatic rings. The molecule has 0 saturated heterocycles. The van der Waals surface area contributed by atoms with Crippen LogP contribution in [0.4, 0.5) is 17.2 Å². The average Bonchev–Trinajstić information content (AvgIpc) is 2.40. The summed E-state index contributed by atoms with van der Waals surface area (Å²) >= 11 is 0. The molecule has 0 aliphatic carbocycles. The van der Waals surface area contributed by atoms with Crippen molar-refractivity contribution >= 4 is 17.2 Å². The van der Waals surface area contributed by atoms with Gasteiger partial charge in [-0.1, -0.05) is 11.3 Å². The lowest BCUT2D eigenvalue weighted by molar-refractivity contribution is -0.384. The molecule has 1 aromatic carbocycles. The molecule has 0 amide bonds. The van der Waals surface area contributed by atoms with Gasteiger partial charge in [-0.3, -0.25) is 15.5 Å². The molecule has 0 spiro atoms. The molecule has 2 rings (SSSR count). The van der Waals surface area contributed by atoms with Crippen LogP contribution < -0.4 is 5.43 Å². The number of anilines is 1. The van der Waals surface area contributed by atoms with Crippen LogP contribution in [0.1, 0.15) is 0 Å². The molecule has 7 nitrogen and oxygen atoms in total. The molecule has 1 heterocycles. The molecule has 0 atom stereocenters. The maximum atomic E-state index is 10.4. The van der Waals surface area contributed by atoms with E-state index in [2.05, 4.69) is 20.7 Å². The monoisotopic (exact) mass is 243 g/mol. The first-order chi connectivity index (χ1) is 8.75. The number of non-ortho nitro benzene ring substituents is 1. The number of aromatic nitrogens is 1. The molecule has 18 heavy (non-hydrogen) atoms. The predicted octanol–water partition coefficient (Wildman–Crippen LogP) is 3.10. The first-order valence-corrected chi connectivity index (χ1v) is 5.08. The van der Waals surface area contributed by atoms with Crippen LogP contribution in [0.15, 0.2) is 59.0 Å². The van der Waals surface area contributed by atoms with Crippen molar-refractivity contribution in [2.24, 2.45) is 10.3 Å². The summed E-state index contributed by atoms with van der Waals surface area (Å²) in [6, 6.07) is 11.2. The molecule has 1 N–H and O–H groups in total. The van der Waals surface area contributed by atoms with Crippen molar-refractivity contribution in [3.8, 4) is 0 Å². The summed E-state index contributed by atoms with van der Waals surface area (Å²) in [5, 5.41) is 18.0. The number of nitrogens with zero attached hydrogens (tertiary/aromatic N) is 4. The molecule has 0 aliphatic heterocycles. The van der Waals surface area contributed by atoms with Crippen molar-refractivity contribution < 1.29 is 4.92 Å². The van der Waals surface area contributed by atoms with Gasteiger partial charge in [-0.15, -0.1) is 5.11 Å². The summed E-state index contributed by atoms with van der Waals surface area (Å²) in [4.78, 5) is 13.9. The second kappa shape index (κ2) is 5.48. The number of hydrogen-bond acceptors (Lipinski definition) is 5. The van der Waals surface area contributed by atoms with E-state index in [9.17, 15) is 10.1 Å². The third kappa shape index (κ3) is 3.08. The van der Waals surface area contributed by atoms with Gasteiger partial charge in [0.2, 0.25) is 0 Å². The highest BCUT2D eigenvalue weighted by atomic mass is 16.6. The van der Waals surface area contributed by atoms with Crippen molar-refractivity contribution in [3.63, 3.8) is 0 Å². The second-order valence-electron chi connectivity index (χ2n) is 3.30. The van der Waals surface area contributed by atoms with E-state index in [1.165, 1.54) is 12.1 Å². The van der Waals surface area contributed by atoms with E-state index >= 15 is 0 Å². The number of rotatable bonds is 4. The van der Waals surface area contributed by atoms with Crippen LogP contribution in [0.2, 0.25) is 0 Å². The Bertz CT molecular complexity index is 553. The predicted molar refractivity (Wildman–Crippen MR) is 65.5 cm³/mol. The minimum absolute atomic E-state index is 0.0298. The third-order valence-corrected chi connectivity index (χ3v) is 2.06. The fourth-order valence-corrected chi connectivity index (χ4v) is 1.20. The Hall–Kier alpha value is -2.83. The number of nitro groups is 1. The van der Waals surface area contributed by atoms with Crippen molar-refractivity contribution in [1.29, 1.82) is 0 Å². The van der Waals surface area contributed by atoms with Gasteiger partial charge in [0, 0.05) is 18.3 Å². The van der Waals surface area contributed by atoms with E-state index < -0.39 is 4.92 Å². The van der Waals surface area contributed by atoms with E-state index in [1.807, 2.05) is 0 Å². The zero-order valence-electron chi connectivity index (χ0n) is 9.22. The van der Waals surface area contributed by atoms with Gasteiger partial charge < -0.3 is 0 Å². The van der Waals surface area contributed by atoms with Crippen LogP contribution >= 0.6 is 0 Å². The lowest BCUT2D eigenvalue weighted by atomic mass is 10.3. The molecule has 0 radical (unpaired) electrons. The Morgan fingerprint density at radius 1 is 1.17 bits per heavy atom. The fraction of sp³-hybridized carbons (Fsp3) is 0. The lowest BCUT2D eigenvalue weighted by Gasteiger charge is -1.97. The van der Waals surface area contributed by atoms with Crippen LogP contribution in [0.5, 0.6) is 0 Å². The maximum Gasteiger partial charge on any atom is 0.269 e. The molecule has 0 fully saturated rings. The van der Waals surface area contributed by atoms with Gasteiger partial charge in [0.25, 0.3) is 5.69 Å². The standard InChI is InChI=1S/C11H9N5O2/c17-16(18)10-6-4-9(5-7-10)13-15-14-11-3-1-2-8-12-11/h1-8H,(H,12,13,14). The molecule has 0 saturated carbocycles. The van der Waals surface area contributed by atoms with Gasteiger partial charge in [-0.05, 0) is 24.3 Å². The molecule has 0 bridgehead atoms.